The first-order chi connectivity index (χ1) is 11.1. The van der Waals surface area contributed by atoms with Gasteiger partial charge in [0.15, 0.2) is 11.5 Å². The van der Waals surface area contributed by atoms with E-state index in [0.29, 0.717) is 18.0 Å². The zero-order valence-electron chi connectivity index (χ0n) is 15.0. The molecular formula is C18H28ClN2O3-. The van der Waals surface area contributed by atoms with Crippen molar-refractivity contribution in [3.8, 4) is 11.5 Å². The van der Waals surface area contributed by atoms with Crippen LogP contribution in [-0.2, 0) is 4.79 Å². The van der Waals surface area contributed by atoms with Gasteiger partial charge in [0.1, 0.15) is 0 Å². The molecule has 1 aromatic rings. The van der Waals surface area contributed by atoms with Crippen LogP contribution in [-0.4, -0.2) is 51.2 Å². The molecule has 0 saturated carbocycles. The van der Waals surface area contributed by atoms with Crippen LogP contribution in [0.2, 0.25) is 0 Å². The van der Waals surface area contributed by atoms with E-state index in [1.807, 2.05) is 18.2 Å². The Hall–Kier alpha value is -1.72. The van der Waals surface area contributed by atoms with Gasteiger partial charge in [0.05, 0.1) is 14.2 Å². The molecule has 136 valence electrons. The average molecular weight is 356 g/mol. The molecule has 0 heterocycles. The molecule has 0 aliphatic heterocycles. The summed E-state index contributed by atoms with van der Waals surface area (Å²) in [5.41, 5.74) is 0.890. The van der Waals surface area contributed by atoms with E-state index >= 15 is 0 Å². The van der Waals surface area contributed by atoms with Crippen LogP contribution in [0.3, 0.4) is 0 Å². The Morgan fingerprint density at radius 1 is 1.17 bits per heavy atom. The van der Waals surface area contributed by atoms with Crippen LogP contribution < -0.4 is 27.2 Å². The van der Waals surface area contributed by atoms with E-state index in [1.54, 1.807) is 26.4 Å². The van der Waals surface area contributed by atoms with E-state index in [-0.39, 0.29) is 18.3 Å². The Balaban J connectivity index is 0.00000529. The number of benzene rings is 1. The number of carbonyl (C=O) groups excluding carboxylic acids is 1. The largest absolute Gasteiger partial charge is 1.00 e. The molecule has 1 N–H and O–H groups in total. The molecule has 0 unspecified atom stereocenters. The topological polar surface area (TPSA) is 50.8 Å². The minimum atomic E-state index is -0.0840. The van der Waals surface area contributed by atoms with Crippen molar-refractivity contribution in [2.75, 3.05) is 40.4 Å². The van der Waals surface area contributed by atoms with Crippen molar-refractivity contribution in [3.63, 3.8) is 0 Å². The summed E-state index contributed by atoms with van der Waals surface area (Å²) in [6, 6.07) is 5.54. The lowest BCUT2D eigenvalue weighted by Crippen LogP contribution is -3.00. The molecule has 0 aliphatic carbocycles. The smallest absolute Gasteiger partial charge is 0.243 e. The van der Waals surface area contributed by atoms with E-state index in [0.717, 1.165) is 31.6 Å². The quantitative estimate of drug-likeness (QED) is 0.457. The van der Waals surface area contributed by atoms with Gasteiger partial charge in [-0.2, -0.15) is 0 Å². The second-order valence-electron chi connectivity index (χ2n) is 5.12. The highest BCUT2D eigenvalue weighted by molar-refractivity contribution is 5.91. The number of amides is 1. The average Bonchev–Trinajstić information content (AvgIpc) is 2.59. The summed E-state index contributed by atoms with van der Waals surface area (Å²) < 4.78 is 10.4. The van der Waals surface area contributed by atoms with Crippen LogP contribution in [0.4, 0.5) is 0 Å². The molecule has 0 aromatic heterocycles. The molecule has 0 saturated heterocycles. The number of nitrogens with one attached hydrogen (secondary N) is 1. The fourth-order valence-corrected chi connectivity index (χ4v) is 2.24. The van der Waals surface area contributed by atoms with Gasteiger partial charge in [-0.15, -0.1) is 0 Å². The molecule has 0 radical (unpaired) electrons. The number of methoxy groups -OCH3 is 2. The van der Waals surface area contributed by atoms with Crippen molar-refractivity contribution >= 4 is 12.0 Å². The van der Waals surface area contributed by atoms with Gasteiger partial charge in [0.25, 0.3) is 0 Å². The number of hydrogen-bond donors (Lipinski definition) is 1. The highest BCUT2D eigenvalue weighted by atomic mass is 35.5. The molecule has 1 amide bonds. The summed E-state index contributed by atoms with van der Waals surface area (Å²) >= 11 is 0. The number of rotatable bonds is 10. The van der Waals surface area contributed by atoms with Gasteiger partial charge in [-0.3, -0.25) is 4.79 Å². The van der Waals surface area contributed by atoms with Gasteiger partial charge in [-0.25, -0.2) is 0 Å². The normalized spacial score (nSPS) is 10.5. The van der Waals surface area contributed by atoms with Crippen molar-refractivity contribution in [1.29, 1.82) is 0 Å². The molecule has 0 fully saturated rings. The zero-order valence-corrected chi connectivity index (χ0v) is 15.7. The van der Waals surface area contributed by atoms with Crippen LogP contribution in [0.1, 0.15) is 25.8 Å². The molecule has 1 rings (SSSR count). The van der Waals surface area contributed by atoms with Gasteiger partial charge in [-0.1, -0.05) is 19.9 Å². The highest BCUT2D eigenvalue weighted by Crippen LogP contribution is 2.27. The summed E-state index contributed by atoms with van der Waals surface area (Å²) in [6.45, 7) is 8.08. The first-order valence-electron chi connectivity index (χ1n) is 8.04. The number of hydrogen-bond acceptors (Lipinski definition) is 4. The van der Waals surface area contributed by atoms with Crippen molar-refractivity contribution in [1.82, 2.24) is 10.2 Å². The summed E-state index contributed by atoms with van der Waals surface area (Å²) in [4.78, 5) is 14.1. The Morgan fingerprint density at radius 2 is 1.83 bits per heavy atom. The third-order valence-corrected chi connectivity index (χ3v) is 3.68. The monoisotopic (exact) mass is 355 g/mol. The van der Waals surface area contributed by atoms with Crippen molar-refractivity contribution in [3.05, 3.63) is 29.8 Å². The number of carbonyl (C=O) groups is 1. The van der Waals surface area contributed by atoms with Crippen LogP contribution >= 0.6 is 0 Å². The molecule has 24 heavy (non-hydrogen) atoms. The summed E-state index contributed by atoms with van der Waals surface area (Å²) in [5, 5.41) is 2.90. The molecule has 5 nitrogen and oxygen atoms in total. The SMILES string of the molecule is CCN(CC)CCCNC(=O)/C=C/c1ccc(OC)c(OC)c1.[Cl-]. The molecular weight excluding hydrogens is 328 g/mol. The van der Waals surface area contributed by atoms with Gasteiger partial charge in [0.2, 0.25) is 5.91 Å². The second-order valence-corrected chi connectivity index (χ2v) is 5.12. The number of ether oxygens (including phenoxy) is 2. The van der Waals surface area contributed by atoms with Crippen LogP contribution in [0, 0.1) is 0 Å². The van der Waals surface area contributed by atoms with Crippen LogP contribution in [0.25, 0.3) is 6.08 Å². The Morgan fingerprint density at radius 3 is 2.42 bits per heavy atom. The lowest BCUT2D eigenvalue weighted by atomic mass is 10.2. The van der Waals surface area contributed by atoms with Crippen molar-refractivity contribution in [2.45, 2.75) is 20.3 Å². The lowest BCUT2D eigenvalue weighted by molar-refractivity contribution is -0.116. The third kappa shape index (κ3) is 7.70. The standard InChI is InChI=1S/C18H28N2O3.ClH/c1-5-20(6-2)13-7-12-19-18(21)11-9-15-8-10-16(22-3)17(14-15)23-4;/h8-11,14H,5-7,12-13H2,1-4H3,(H,19,21);1H/p-1/b11-9+;. The lowest BCUT2D eigenvalue weighted by Gasteiger charge is -2.17. The summed E-state index contributed by atoms with van der Waals surface area (Å²) in [6.07, 6.45) is 4.26. The van der Waals surface area contributed by atoms with Gasteiger partial charge in [-0.05, 0) is 49.8 Å². The van der Waals surface area contributed by atoms with E-state index in [4.69, 9.17) is 9.47 Å². The minimum absolute atomic E-state index is 0. The fourth-order valence-electron chi connectivity index (χ4n) is 2.24. The molecule has 0 aliphatic rings. The van der Waals surface area contributed by atoms with E-state index < -0.39 is 0 Å². The maximum Gasteiger partial charge on any atom is 0.243 e. The van der Waals surface area contributed by atoms with Gasteiger partial charge >= 0.3 is 0 Å². The molecule has 0 bridgehead atoms. The maximum absolute atomic E-state index is 11.8. The number of nitrogens with zero attached hydrogens (tertiary/aromatic N) is 1. The van der Waals surface area contributed by atoms with E-state index in [2.05, 4.69) is 24.1 Å². The summed E-state index contributed by atoms with van der Waals surface area (Å²) in [7, 11) is 3.19. The second kappa shape index (κ2) is 12.7. The fraction of sp³-hybridized carbons (Fsp3) is 0.500. The summed E-state index contributed by atoms with van der Waals surface area (Å²) in [5.74, 6) is 1.24. The predicted octanol–water partition coefficient (Wildman–Crippen LogP) is -0.431. The zero-order chi connectivity index (χ0) is 17.1. The Kier molecular flexibility index (Phi) is 11.8. The van der Waals surface area contributed by atoms with Crippen molar-refractivity contribution < 1.29 is 26.7 Å². The van der Waals surface area contributed by atoms with Crippen LogP contribution in [0.5, 0.6) is 11.5 Å². The molecule has 6 heteroatoms. The maximum atomic E-state index is 11.8. The molecule has 0 atom stereocenters. The Bertz CT molecular complexity index is 517. The minimum Gasteiger partial charge on any atom is -1.00 e. The first-order valence-corrected chi connectivity index (χ1v) is 8.04. The van der Waals surface area contributed by atoms with E-state index in [9.17, 15) is 4.79 Å². The highest BCUT2D eigenvalue weighted by Gasteiger charge is 2.03. The first kappa shape index (κ1) is 22.3. The van der Waals surface area contributed by atoms with Crippen LogP contribution in [0.15, 0.2) is 24.3 Å². The predicted molar refractivity (Wildman–Crippen MR) is 94.0 cm³/mol. The third-order valence-electron chi connectivity index (χ3n) is 3.68. The molecule has 1 aromatic carbocycles. The van der Waals surface area contributed by atoms with Gasteiger partial charge in [0, 0.05) is 12.6 Å². The van der Waals surface area contributed by atoms with Crippen molar-refractivity contribution in [2.24, 2.45) is 0 Å². The van der Waals surface area contributed by atoms with Gasteiger partial charge < -0.3 is 32.1 Å². The number of halogens is 1. The molecule has 0 spiro atoms. The Labute approximate surface area is 151 Å². The van der Waals surface area contributed by atoms with E-state index in [1.165, 1.54) is 0 Å².